The third-order valence-electron chi connectivity index (χ3n) is 2.48. The van der Waals surface area contributed by atoms with Crippen molar-refractivity contribution in [2.75, 3.05) is 26.3 Å². The zero-order valence-electron chi connectivity index (χ0n) is 12.5. The van der Waals surface area contributed by atoms with Crippen LogP contribution in [0, 0.1) is 10.1 Å². The molecule has 0 aromatic heterocycles. The first-order valence-electron chi connectivity index (χ1n) is 6.35. The molecule has 0 spiro atoms. The van der Waals surface area contributed by atoms with Gasteiger partial charge in [-0.2, -0.15) is 5.43 Å². The molecule has 0 saturated carbocycles. The number of hydrogen-bond acceptors (Lipinski definition) is 8. The van der Waals surface area contributed by atoms with Crippen molar-refractivity contribution in [1.29, 1.82) is 0 Å². The molecule has 0 aliphatic heterocycles. The summed E-state index contributed by atoms with van der Waals surface area (Å²) < 4.78 is 14.8. The predicted octanol–water partition coefficient (Wildman–Crippen LogP) is 1.66. The quantitative estimate of drug-likeness (QED) is 0.268. The van der Waals surface area contributed by atoms with Crippen molar-refractivity contribution in [1.82, 2.24) is 0 Å². The van der Waals surface area contributed by atoms with Crippen molar-refractivity contribution in [2.24, 2.45) is 5.10 Å². The average molecular weight is 311 g/mol. The Kier molecular flexibility index (Phi) is 6.61. The average Bonchev–Trinajstić information content (AvgIpc) is 2.50. The van der Waals surface area contributed by atoms with Gasteiger partial charge < -0.3 is 24.3 Å². The van der Waals surface area contributed by atoms with E-state index in [1.165, 1.54) is 14.2 Å². The SMILES string of the molecule is CCOC(=O)C/C(=N/Nc1cc(OC)cc(OC)c1)[N+](=O)[O-]. The van der Waals surface area contributed by atoms with Crippen LogP contribution in [-0.4, -0.2) is 37.6 Å². The molecule has 120 valence electrons. The Hall–Kier alpha value is -2.84. The van der Waals surface area contributed by atoms with E-state index in [0.29, 0.717) is 17.2 Å². The number of anilines is 1. The van der Waals surface area contributed by atoms with E-state index in [1.807, 2.05) is 0 Å². The lowest BCUT2D eigenvalue weighted by Crippen LogP contribution is -2.20. The van der Waals surface area contributed by atoms with Crippen molar-refractivity contribution in [3.63, 3.8) is 0 Å². The van der Waals surface area contributed by atoms with E-state index in [1.54, 1.807) is 25.1 Å². The van der Waals surface area contributed by atoms with Crippen LogP contribution < -0.4 is 14.9 Å². The van der Waals surface area contributed by atoms with Gasteiger partial charge in [0.2, 0.25) is 0 Å². The highest BCUT2D eigenvalue weighted by molar-refractivity contribution is 5.93. The van der Waals surface area contributed by atoms with Crippen molar-refractivity contribution in [2.45, 2.75) is 13.3 Å². The number of ether oxygens (including phenoxy) is 3. The lowest BCUT2D eigenvalue weighted by molar-refractivity contribution is -0.352. The van der Waals surface area contributed by atoms with Gasteiger partial charge in [-0.05, 0) is 11.8 Å². The Morgan fingerprint density at radius 2 is 1.86 bits per heavy atom. The first-order chi connectivity index (χ1) is 10.5. The standard InChI is InChI=1S/C13H17N3O6/c1-4-22-13(17)8-12(16(18)19)15-14-9-5-10(20-2)7-11(6-9)21-3/h5-7,14H,4,8H2,1-3H3/b15-12-. The molecule has 0 radical (unpaired) electrons. The van der Waals surface area contributed by atoms with Crippen LogP contribution >= 0.6 is 0 Å². The summed E-state index contributed by atoms with van der Waals surface area (Å²) in [7, 11) is 2.95. The van der Waals surface area contributed by atoms with Gasteiger partial charge in [0.05, 0.1) is 31.6 Å². The van der Waals surface area contributed by atoms with Crippen molar-refractivity contribution < 1.29 is 23.9 Å². The molecule has 9 nitrogen and oxygen atoms in total. The minimum Gasteiger partial charge on any atom is -0.497 e. The fraction of sp³-hybridized carbons (Fsp3) is 0.385. The number of amidine groups is 1. The second-order valence-electron chi connectivity index (χ2n) is 3.98. The highest BCUT2D eigenvalue weighted by Gasteiger charge is 2.19. The molecule has 0 bridgehead atoms. The molecule has 1 rings (SSSR count). The van der Waals surface area contributed by atoms with E-state index in [-0.39, 0.29) is 6.61 Å². The smallest absolute Gasteiger partial charge is 0.375 e. The van der Waals surface area contributed by atoms with Gasteiger partial charge in [-0.25, -0.2) is 0 Å². The van der Waals surface area contributed by atoms with Crippen LogP contribution in [0.5, 0.6) is 11.5 Å². The number of hydrogen-bond donors (Lipinski definition) is 1. The number of carbonyl (C=O) groups is 1. The second kappa shape index (κ2) is 8.45. The van der Waals surface area contributed by atoms with Crippen LogP contribution in [0.25, 0.3) is 0 Å². The molecule has 1 aromatic rings. The van der Waals surface area contributed by atoms with E-state index in [2.05, 4.69) is 15.3 Å². The van der Waals surface area contributed by atoms with E-state index in [9.17, 15) is 14.9 Å². The number of nitrogens with zero attached hydrogens (tertiary/aromatic N) is 2. The zero-order chi connectivity index (χ0) is 16.5. The molecule has 9 heteroatoms. The van der Waals surface area contributed by atoms with Gasteiger partial charge >= 0.3 is 11.8 Å². The van der Waals surface area contributed by atoms with Gasteiger partial charge in [-0.1, -0.05) is 0 Å². The Balaban J connectivity index is 2.90. The number of nitrogens with one attached hydrogen (secondary N) is 1. The fourth-order valence-electron chi connectivity index (χ4n) is 1.49. The van der Waals surface area contributed by atoms with Gasteiger partial charge in [-0.3, -0.25) is 4.79 Å². The third-order valence-corrected chi connectivity index (χ3v) is 2.48. The molecule has 0 amide bonds. The van der Waals surface area contributed by atoms with Crippen LogP contribution in [0.2, 0.25) is 0 Å². The van der Waals surface area contributed by atoms with Gasteiger partial charge in [0.15, 0.2) is 6.42 Å². The summed E-state index contributed by atoms with van der Waals surface area (Å²) in [5.74, 6) is -0.293. The number of nitro groups is 1. The topological polar surface area (TPSA) is 112 Å². The normalized spacial score (nSPS) is 10.8. The van der Waals surface area contributed by atoms with Gasteiger partial charge in [0, 0.05) is 18.2 Å². The molecule has 0 saturated heterocycles. The minimum absolute atomic E-state index is 0.143. The molecule has 0 unspecified atom stereocenters. The highest BCUT2D eigenvalue weighted by atomic mass is 16.6. The van der Waals surface area contributed by atoms with Crippen molar-refractivity contribution in [3.05, 3.63) is 28.3 Å². The molecular formula is C13H17N3O6. The molecule has 1 aromatic carbocycles. The largest absolute Gasteiger partial charge is 0.497 e. The predicted molar refractivity (Wildman–Crippen MR) is 78.8 cm³/mol. The highest BCUT2D eigenvalue weighted by Crippen LogP contribution is 2.25. The van der Waals surface area contributed by atoms with Crippen molar-refractivity contribution in [3.8, 4) is 11.5 Å². The zero-order valence-corrected chi connectivity index (χ0v) is 12.5. The monoisotopic (exact) mass is 311 g/mol. The summed E-state index contributed by atoms with van der Waals surface area (Å²) in [4.78, 5) is 21.4. The summed E-state index contributed by atoms with van der Waals surface area (Å²) in [5.41, 5.74) is 2.92. The Morgan fingerprint density at radius 1 is 1.27 bits per heavy atom. The molecule has 22 heavy (non-hydrogen) atoms. The lowest BCUT2D eigenvalue weighted by atomic mass is 10.3. The summed E-state index contributed by atoms with van der Waals surface area (Å²) in [6, 6.07) is 4.80. The summed E-state index contributed by atoms with van der Waals surface area (Å²) in [6.45, 7) is 1.76. The molecule has 0 aliphatic carbocycles. The van der Waals surface area contributed by atoms with E-state index in [0.717, 1.165) is 0 Å². The van der Waals surface area contributed by atoms with Crippen molar-refractivity contribution >= 4 is 17.5 Å². The van der Waals surface area contributed by atoms with Gasteiger partial charge in [0.25, 0.3) is 0 Å². The maximum absolute atomic E-state index is 11.3. The minimum atomic E-state index is -0.749. The second-order valence-corrected chi connectivity index (χ2v) is 3.98. The van der Waals surface area contributed by atoms with Crippen LogP contribution in [0.4, 0.5) is 5.69 Å². The maximum Gasteiger partial charge on any atom is 0.375 e. The molecule has 0 aliphatic rings. The molecular weight excluding hydrogens is 294 g/mol. The van der Waals surface area contributed by atoms with Crippen LogP contribution in [0.1, 0.15) is 13.3 Å². The number of rotatable bonds is 7. The summed E-state index contributed by atoms with van der Waals surface area (Å²) >= 11 is 0. The number of benzene rings is 1. The fourth-order valence-corrected chi connectivity index (χ4v) is 1.49. The van der Waals surface area contributed by atoms with Crippen LogP contribution in [0.15, 0.2) is 23.3 Å². The van der Waals surface area contributed by atoms with Gasteiger partial charge in [0.1, 0.15) is 11.5 Å². The summed E-state index contributed by atoms with van der Waals surface area (Å²) in [6.07, 6.45) is -0.533. The third kappa shape index (κ3) is 5.27. The number of carbonyl (C=O) groups excluding carboxylic acids is 1. The first kappa shape index (κ1) is 17.2. The van der Waals surface area contributed by atoms with E-state index < -0.39 is 23.1 Å². The Morgan fingerprint density at radius 3 is 2.32 bits per heavy atom. The number of hydrazone groups is 1. The van der Waals surface area contributed by atoms with Gasteiger partial charge in [-0.15, -0.1) is 0 Å². The van der Waals surface area contributed by atoms with Crippen LogP contribution in [-0.2, 0) is 9.53 Å². The first-order valence-corrected chi connectivity index (χ1v) is 6.35. The lowest BCUT2D eigenvalue weighted by Gasteiger charge is -2.06. The van der Waals surface area contributed by atoms with E-state index >= 15 is 0 Å². The molecule has 0 fully saturated rings. The molecule has 1 N–H and O–H groups in total. The van der Waals surface area contributed by atoms with E-state index in [4.69, 9.17) is 9.47 Å². The van der Waals surface area contributed by atoms with Crippen LogP contribution in [0.3, 0.4) is 0 Å². The Bertz CT molecular complexity index is 551. The number of methoxy groups -OCH3 is 2. The summed E-state index contributed by atoms with van der Waals surface area (Å²) in [5, 5.41) is 14.5. The molecule has 0 atom stereocenters. The number of esters is 1. The molecule has 0 heterocycles. The maximum atomic E-state index is 11.3. The Labute approximate surface area is 127 Å².